The van der Waals surface area contributed by atoms with Crippen LogP contribution in [-0.4, -0.2) is 61.9 Å². The lowest BCUT2D eigenvalue weighted by atomic mass is 10.1. The quantitative estimate of drug-likeness (QED) is 0.182. The number of aliphatic imine (C=N–C) groups is 2. The summed E-state index contributed by atoms with van der Waals surface area (Å²) in [5, 5.41) is 6.81. The molecule has 4 aliphatic rings. The molecule has 4 aliphatic heterocycles. The molecule has 4 aromatic carbocycles. The summed E-state index contributed by atoms with van der Waals surface area (Å²) in [5.41, 5.74) is 6.01. The van der Waals surface area contributed by atoms with Crippen LogP contribution in [0.4, 0.5) is 11.4 Å². The third-order valence-electron chi connectivity index (χ3n) is 9.54. The molecule has 4 heterocycles. The van der Waals surface area contributed by atoms with Crippen LogP contribution in [0.2, 0.25) is 0 Å². The van der Waals surface area contributed by atoms with E-state index in [0.717, 1.165) is 70.5 Å². The van der Waals surface area contributed by atoms with Gasteiger partial charge in [0.15, 0.2) is 12.2 Å². The van der Waals surface area contributed by atoms with Gasteiger partial charge in [0.05, 0.1) is 13.1 Å². The summed E-state index contributed by atoms with van der Waals surface area (Å²) in [6.45, 7) is 4.00. The second kappa shape index (κ2) is 13.9. The highest BCUT2D eigenvalue weighted by Crippen LogP contribution is 2.44. The number of rotatable bonds is 10. The van der Waals surface area contributed by atoms with E-state index in [2.05, 4.69) is 44.7 Å². The Balaban J connectivity index is 1.02. The van der Waals surface area contributed by atoms with Crippen molar-refractivity contribution in [2.75, 3.05) is 36.0 Å². The molecule has 0 radical (unpaired) electrons. The lowest BCUT2D eigenvalue weighted by molar-refractivity contribution is -0.146. The van der Waals surface area contributed by atoms with E-state index in [1.165, 1.54) is 0 Å². The number of nitrogens with one attached hydrogen (secondary N) is 2. The summed E-state index contributed by atoms with van der Waals surface area (Å²) in [4.78, 5) is 40.9. The Kier molecular flexibility index (Phi) is 8.73. The number of carbonyl (C=O) groups excluding carboxylic acids is 2. The first-order valence-electron chi connectivity index (χ1n) is 17.1. The third-order valence-corrected chi connectivity index (χ3v) is 9.54. The van der Waals surface area contributed by atoms with E-state index >= 15 is 0 Å². The number of nitrogens with zero attached hydrogens (tertiary/aromatic N) is 4. The van der Waals surface area contributed by atoms with Crippen LogP contribution in [-0.2, 0) is 32.2 Å². The number of fused-ring (bicyclic) bond motifs is 2. The van der Waals surface area contributed by atoms with Gasteiger partial charge in [-0.3, -0.25) is 9.98 Å². The number of hydrogen-bond donors (Lipinski definition) is 2. The van der Waals surface area contributed by atoms with Crippen LogP contribution >= 0.6 is 0 Å². The number of hydrogen-bond acceptors (Lipinski definition) is 10. The van der Waals surface area contributed by atoms with Crippen molar-refractivity contribution in [1.82, 2.24) is 10.6 Å². The van der Waals surface area contributed by atoms with Crippen LogP contribution < -0.4 is 20.4 Å². The SMILES string of the molecule is O=C(/C=C/C(=O)OC1c2ccccc2N(Cc2ccccc2)C1C1=NCCN1)OC1c2ccccc2N(Cc2ccccc2)C1C1=NCCN1. The second-order valence-corrected chi connectivity index (χ2v) is 12.7. The first-order chi connectivity index (χ1) is 24.6. The first-order valence-corrected chi connectivity index (χ1v) is 17.1. The fourth-order valence-electron chi connectivity index (χ4n) is 7.40. The number of amidine groups is 2. The molecule has 0 bridgehead atoms. The Hall–Kier alpha value is -5.90. The molecule has 0 saturated carbocycles. The van der Waals surface area contributed by atoms with Crippen LogP contribution in [0.3, 0.4) is 0 Å². The fourth-order valence-corrected chi connectivity index (χ4v) is 7.40. The molecule has 0 spiro atoms. The summed E-state index contributed by atoms with van der Waals surface area (Å²) < 4.78 is 12.3. The van der Waals surface area contributed by atoms with Gasteiger partial charge in [0.2, 0.25) is 0 Å². The largest absolute Gasteiger partial charge is 0.452 e. The van der Waals surface area contributed by atoms with Crippen LogP contribution in [0.25, 0.3) is 0 Å². The van der Waals surface area contributed by atoms with Crippen LogP contribution in [0.1, 0.15) is 34.5 Å². The molecule has 2 N–H and O–H groups in total. The van der Waals surface area contributed by atoms with Crippen molar-refractivity contribution in [2.45, 2.75) is 37.4 Å². The van der Waals surface area contributed by atoms with E-state index in [0.29, 0.717) is 26.2 Å². The van der Waals surface area contributed by atoms with E-state index in [1.54, 1.807) is 0 Å². The molecule has 10 heteroatoms. The summed E-state index contributed by atoms with van der Waals surface area (Å²) in [6, 6.07) is 35.6. The normalized spacial score (nSPS) is 22.0. The Morgan fingerprint density at radius 2 is 1.00 bits per heavy atom. The maximum absolute atomic E-state index is 13.5. The minimum Gasteiger partial charge on any atom is -0.452 e. The first kappa shape index (κ1) is 31.4. The molecule has 0 fully saturated rings. The molecule has 50 heavy (non-hydrogen) atoms. The average molecular weight is 667 g/mol. The monoisotopic (exact) mass is 666 g/mol. The number of carbonyl (C=O) groups is 2. The zero-order valence-corrected chi connectivity index (χ0v) is 27.5. The van der Waals surface area contributed by atoms with Gasteiger partial charge in [-0.05, 0) is 23.3 Å². The summed E-state index contributed by atoms with van der Waals surface area (Å²) in [7, 11) is 0. The number of esters is 2. The molecule has 0 aliphatic carbocycles. The van der Waals surface area contributed by atoms with Crippen molar-refractivity contribution >= 4 is 35.0 Å². The molecule has 4 atom stereocenters. The second-order valence-electron chi connectivity index (χ2n) is 12.7. The average Bonchev–Trinajstić information content (AvgIpc) is 3.97. The smallest absolute Gasteiger partial charge is 0.331 e. The van der Waals surface area contributed by atoms with Gasteiger partial charge in [-0.15, -0.1) is 0 Å². The highest BCUT2D eigenvalue weighted by atomic mass is 16.6. The molecular weight excluding hydrogens is 628 g/mol. The van der Waals surface area contributed by atoms with Crippen LogP contribution in [0, 0.1) is 0 Å². The summed E-state index contributed by atoms with van der Waals surface area (Å²) in [5.74, 6) is 0.297. The molecule has 0 saturated heterocycles. The molecule has 8 rings (SSSR count). The van der Waals surface area contributed by atoms with Crippen molar-refractivity contribution in [2.24, 2.45) is 9.98 Å². The van der Waals surface area contributed by atoms with Crippen molar-refractivity contribution in [3.05, 3.63) is 144 Å². The minimum atomic E-state index is -0.636. The van der Waals surface area contributed by atoms with E-state index in [9.17, 15) is 9.59 Å². The minimum absolute atomic E-state index is 0.342. The van der Waals surface area contributed by atoms with Gasteiger partial charge in [0.1, 0.15) is 23.8 Å². The predicted octanol–water partition coefficient (Wildman–Crippen LogP) is 4.89. The van der Waals surface area contributed by atoms with E-state index in [-0.39, 0.29) is 12.1 Å². The molecule has 10 nitrogen and oxygen atoms in total. The van der Waals surface area contributed by atoms with Crippen molar-refractivity contribution in [3.8, 4) is 0 Å². The standard InChI is InChI=1S/C40H38N6O4/c47-33(49-37-29-15-7-9-17-31(29)45(25-27-11-3-1-4-12-27)35(37)39-41-21-22-42-39)19-20-34(48)50-38-30-16-8-10-18-32(30)46(26-28-13-5-2-6-14-28)36(38)40-43-23-24-44-40/h1-20,35-38H,21-26H2,(H,41,42)(H,43,44)/b20-19+. The Labute approximate surface area is 291 Å². The predicted molar refractivity (Wildman–Crippen MR) is 193 cm³/mol. The van der Waals surface area contributed by atoms with Gasteiger partial charge in [0, 0.05) is 60.8 Å². The number of anilines is 2. The maximum Gasteiger partial charge on any atom is 0.331 e. The van der Waals surface area contributed by atoms with Crippen molar-refractivity contribution in [3.63, 3.8) is 0 Å². The topological polar surface area (TPSA) is 108 Å². The number of para-hydroxylation sites is 2. The fraction of sp³-hybridized carbons (Fsp3) is 0.250. The lowest BCUT2D eigenvalue weighted by Crippen LogP contribution is -2.46. The zero-order valence-electron chi connectivity index (χ0n) is 27.5. The highest BCUT2D eigenvalue weighted by Gasteiger charge is 2.46. The molecule has 0 amide bonds. The molecule has 4 unspecified atom stereocenters. The summed E-state index contributed by atoms with van der Waals surface area (Å²) >= 11 is 0. The van der Waals surface area contributed by atoms with Crippen molar-refractivity contribution < 1.29 is 19.1 Å². The van der Waals surface area contributed by atoms with Gasteiger partial charge < -0.3 is 29.9 Å². The van der Waals surface area contributed by atoms with Gasteiger partial charge >= 0.3 is 11.9 Å². The molecule has 252 valence electrons. The third kappa shape index (κ3) is 6.20. The van der Waals surface area contributed by atoms with Gasteiger partial charge in [0.25, 0.3) is 0 Å². The molecular formula is C40H38N6O4. The van der Waals surface area contributed by atoms with Gasteiger partial charge in [-0.2, -0.15) is 0 Å². The van der Waals surface area contributed by atoms with Gasteiger partial charge in [-0.1, -0.05) is 97.1 Å². The van der Waals surface area contributed by atoms with E-state index in [1.807, 2.05) is 84.9 Å². The Morgan fingerprint density at radius 1 is 0.600 bits per heavy atom. The summed E-state index contributed by atoms with van der Waals surface area (Å²) in [6.07, 6.45) is 1.07. The number of ether oxygens (including phenoxy) is 2. The van der Waals surface area contributed by atoms with Gasteiger partial charge in [-0.25, -0.2) is 9.59 Å². The van der Waals surface area contributed by atoms with E-state index < -0.39 is 24.1 Å². The van der Waals surface area contributed by atoms with Crippen LogP contribution in [0.5, 0.6) is 0 Å². The van der Waals surface area contributed by atoms with Crippen LogP contribution in [0.15, 0.2) is 131 Å². The zero-order chi connectivity index (χ0) is 33.9. The number of benzene rings is 4. The Bertz CT molecular complexity index is 1820. The molecule has 0 aromatic heterocycles. The maximum atomic E-state index is 13.5. The van der Waals surface area contributed by atoms with E-state index in [4.69, 9.17) is 19.5 Å². The highest BCUT2D eigenvalue weighted by molar-refractivity contribution is 5.97. The van der Waals surface area contributed by atoms with Crippen molar-refractivity contribution in [1.29, 1.82) is 0 Å². The molecule has 4 aromatic rings. The Morgan fingerprint density at radius 3 is 1.40 bits per heavy atom. The lowest BCUT2D eigenvalue weighted by Gasteiger charge is -2.30.